The third-order valence-electron chi connectivity index (χ3n) is 2.49. The monoisotopic (exact) mass is 187 g/mol. The molecule has 0 radical (unpaired) electrons. The lowest BCUT2D eigenvalue weighted by Crippen LogP contribution is -2.38. The van der Waals surface area contributed by atoms with Crippen LogP contribution >= 0.6 is 0 Å². The minimum absolute atomic E-state index is 0.846. The number of hydrogen-bond acceptors (Lipinski definition) is 2. The zero-order valence-electron chi connectivity index (χ0n) is 9.68. The molecule has 0 heterocycles. The Morgan fingerprint density at radius 1 is 1.31 bits per heavy atom. The highest BCUT2D eigenvalue weighted by atomic mass is 16.5. The van der Waals surface area contributed by atoms with Gasteiger partial charge in [0.05, 0.1) is 6.61 Å². The summed E-state index contributed by atoms with van der Waals surface area (Å²) >= 11 is 0. The molecule has 2 heteroatoms. The lowest BCUT2D eigenvalue weighted by molar-refractivity contribution is 0.0862. The van der Waals surface area contributed by atoms with Crippen LogP contribution in [0.25, 0.3) is 0 Å². The minimum Gasteiger partial charge on any atom is -0.380 e. The highest BCUT2D eigenvalue weighted by Crippen LogP contribution is 2.22. The predicted octanol–water partition coefficient (Wildman–Crippen LogP) is 2.53. The van der Waals surface area contributed by atoms with Gasteiger partial charge in [-0.1, -0.05) is 20.3 Å². The highest BCUT2D eigenvalue weighted by molar-refractivity contribution is 4.77. The van der Waals surface area contributed by atoms with E-state index < -0.39 is 0 Å². The van der Waals surface area contributed by atoms with Gasteiger partial charge in [-0.25, -0.2) is 0 Å². The Morgan fingerprint density at radius 2 is 1.92 bits per heavy atom. The van der Waals surface area contributed by atoms with Crippen molar-refractivity contribution in [3.63, 3.8) is 0 Å². The fourth-order valence-corrected chi connectivity index (χ4v) is 1.36. The molecule has 0 unspecified atom stereocenters. The molecule has 0 saturated heterocycles. The second-order valence-electron chi connectivity index (χ2n) is 3.26. The second kappa shape index (κ2) is 8.52. The molecule has 0 spiro atoms. The van der Waals surface area contributed by atoms with Crippen LogP contribution in [0.2, 0.25) is 0 Å². The Bertz CT molecular complexity index is 102. The highest BCUT2D eigenvalue weighted by Gasteiger charge is 2.20. The van der Waals surface area contributed by atoms with Gasteiger partial charge in [0.25, 0.3) is 0 Å². The first-order chi connectivity index (χ1) is 6.34. The fraction of sp³-hybridized carbons (Fsp3) is 1.00. The summed E-state index contributed by atoms with van der Waals surface area (Å²) in [7, 11) is 2.20. The van der Waals surface area contributed by atoms with Crippen LogP contribution in [0, 0.1) is 0 Å². The molecule has 80 valence electrons. The van der Waals surface area contributed by atoms with E-state index in [2.05, 4.69) is 11.9 Å². The summed E-state index contributed by atoms with van der Waals surface area (Å²) in [5.74, 6) is 0. The molecule has 0 aromatic carbocycles. The van der Waals surface area contributed by atoms with Crippen molar-refractivity contribution in [2.45, 2.75) is 46.1 Å². The largest absolute Gasteiger partial charge is 0.380 e. The molecule has 0 aromatic heterocycles. The average Bonchev–Trinajstić information content (AvgIpc) is 2.05. The summed E-state index contributed by atoms with van der Waals surface area (Å²) in [4.78, 5) is 2.42. The molecule has 0 amide bonds. The van der Waals surface area contributed by atoms with Gasteiger partial charge >= 0.3 is 0 Å². The van der Waals surface area contributed by atoms with E-state index in [1.165, 1.54) is 19.3 Å². The second-order valence-corrected chi connectivity index (χ2v) is 3.26. The van der Waals surface area contributed by atoms with Gasteiger partial charge in [-0.2, -0.15) is 0 Å². The number of rotatable bonds is 5. The predicted molar refractivity (Wildman–Crippen MR) is 58.1 cm³/mol. The number of nitrogens with zero attached hydrogens (tertiary/aromatic N) is 1. The molecule has 1 aliphatic rings. The van der Waals surface area contributed by atoms with Crippen LogP contribution in [0.4, 0.5) is 0 Å². The van der Waals surface area contributed by atoms with Crippen LogP contribution in [-0.4, -0.2) is 37.7 Å². The van der Waals surface area contributed by atoms with Gasteiger partial charge in [-0.3, -0.25) is 0 Å². The lowest BCUT2D eigenvalue weighted by atomic mass is 9.92. The van der Waals surface area contributed by atoms with Gasteiger partial charge < -0.3 is 9.64 Å². The first kappa shape index (κ1) is 12.9. The molecule has 1 saturated carbocycles. The topological polar surface area (TPSA) is 12.5 Å². The molecule has 0 atom stereocenters. The molecule has 0 bridgehead atoms. The van der Waals surface area contributed by atoms with Crippen LogP contribution in [0.5, 0.6) is 0 Å². The van der Waals surface area contributed by atoms with E-state index in [1.54, 1.807) is 0 Å². The van der Waals surface area contributed by atoms with Gasteiger partial charge in [-0.05, 0) is 26.8 Å². The van der Waals surface area contributed by atoms with Crippen molar-refractivity contribution in [3.05, 3.63) is 0 Å². The number of hydrogen-bond donors (Lipinski definition) is 0. The Morgan fingerprint density at radius 3 is 2.31 bits per heavy atom. The smallest absolute Gasteiger partial charge is 0.0593 e. The van der Waals surface area contributed by atoms with Gasteiger partial charge in [0.15, 0.2) is 0 Å². The van der Waals surface area contributed by atoms with Crippen LogP contribution in [-0.2, 0) is 4.74 Å². The van der Waals surface area contributed by atoms with Crippen molar-refractivity contribution >= 4 is 0 Å². The average molecular weight is 187 g/mol. The maximum Gasteiger partial charge on any atom is 0.0593 e. The lowest BCUT2D eigenvalue weighted by Gasteiger charge is -2.34. The normalized spacial score (nSPS) is 16.4. The zero-order chi connectivity index (χ0) is 10.1. The molecule has 0 aliphatic heterocycles. The summed E-state index contributed by atoms with van der Waals surface area (Å²) in [6.07, 6.45) is 4.20. The van der Waals surface area contributed by atoms with Crippen molar-refractivity contribution in [1.82, 2.24) is 4.90 Å². The summed E-state index contributed by atoms with van der Waals surface area (Å²) < 4.78 is 5.28. The molecule has 2 nitrogen and oxygen atoms in total. The van der Waals surface area contributed by atoms with Crippen LogP contribution in [0.1, 0.15) is 40.0 Å². The van der Waals surface area contributed by atoms with Crippen molar-refractivity contribution < 1.29 is 4.74 Å². The summed E-state index contributed by atoms with van der Waals surface area (Å²) in [5.41, 5.74) is 0. The van der Waals surface area contributed by atoms with E-state index in [9.17, 15) is 0 Å². The SMILES string of the molecule is CC.CCOCCN(C)C1CCC1. The molecule has 0 N–H and O–H groups in total. The van der Waals surface area contributed by atoms with Gasteiger partial charge in [-0.15, -0.1) is 0 Å². The van der Waals surface area contributed by atoms with E-state index >= 15 is 0 Å². The van der Waals surface area contributed by atoms with E-state index in [0.29, 0.717) is 0 Å². The molecular formula is C11H25NO. The molecule has 1 rings (SSSR count). The Hall–Kier alpha value is -0.0800. The first-order valence-electron chi connectivity index (χ1n) is 5.62. The molecule has 0 aromatic rings. The molecule has 1 aliphatic carbocycles. The van der Waals surface area contributed by atoms with Gasteiger partial charge in [0, 0.05) is 19.2 Å². The zero-order valence-corrected chi connectivity index (χ0v) is 9.68. The summed E-state index contributed by atoms with van der Waals surface area (Å²) in [5, 5.41) is 0. The summed E-state index contributed by atoms with van der Waals surface area (Å²) in [6.45, 7) is 8.88. The van der Waals surface area contributed by atoms with E-state index in [4.69, 9.17) is 4.74 Å². The van der Waals surface area contributed by atoms with Crippen molar-refractivity contribution in [2.75, 3.05) is 26.8 Å². The Labute approximate surface area is 83.3 Å². The van der Waals surface area contributed by atoms with Crippen molar-refractivity contribution in [2.24, 2.45) is 0 Å². The number of likely N-dealkylation sites (N-methyl/N-ethyl adjacent to an activating group) is 1. The van der Waals surface area contributed by atoms with Crippen molar-refractivity contribution in [1.29, 1.82) is 0 Å². The maximum absolute atomic E-state index is 5.28. The Balaban J connectivity index is 0.000000671. The molecular weight excluding hydrogens is 162 g/mol. The van der Waals surface area contributed by atoms with E-state index in [0.717, 1.165) is 25.8 Å². The maximum atomic E-state index is 5.28. The number of ether oxygens (including phenoxy) is 1. The van der Waals surface area contributed by atoms with Gasteiger partial charge in [0.2, 0.25) is 0 Å². The van der Waals surface area contributed by atoms with Crippen LogP contribution in [0.3, 0.4) is 0 Å². The fourth-order valence-electron chi connectivity index (χ4n) is 1.36. The Kier molecular flexibility index (Phi) is 8.46. The van der Waals surface area contributed by atoms with Crippen molar-refractivity contribution in [3.8, 4) is 0 Å². The minimum atomic E-state index is 0.846. The van der Waals surface area contributed by atoms with Crippen LogP contribution in [0.15, 0.2) is 0 Å². The van der Waals surface area contributed by atoms with E-state index in [-0.39, 0.29) is 0 Å². The standard InChI is InChI=1S/C9H19NO.C2H6/c1-3-11-8-7-10(2)9-5-4-6-9;1-2/h9H,3-8H2,1-2H3;1-2H3. The quantitative estimate of drug-likeness (QED) is 0.613. The summed E-state index contributed by atoms with van der Waals surface area (Å²) in [6, 6.07) is 0.857. The third kappa shape index (κ3) is 5.27. The van der Waals surface area contributed by atoms with Gasteiger partial charge in [0.1, 0.15) is 0 Å². The van der Waals surface area contributed by atoms with E-state index in [1.807, 2.05) is 20.8 Å². The first-order valence-corrected chi connectivity index (χ1v) is 5.62. The molecule has 13 heavy (non-hydrogen) atoms. The third-order valence-corrected chi connectivity index (χ3v) is 2.49. The van der Waals surface area contributed by atoms with Crippen LogP contribution < -0.4 is 0 Å². The molecule has 1 fully saturated rings.